The van der Waals surface area contributed by atoms with E-state index < -0.39 is 11.2 Å². The van der Waals surface area contributed by atoms with E-state index in [0.29, 0.717) is 0 Å². The second kappa shape index (κ2) is 1.65. The molecule has 0 saturated heterocycles. The summed E-state index contributed by atoms with van der Waals surface area (Å²) in [5.41, 5.74) is -1.35. The van der Waals surface area contributed by atoms with Gasteiger partial charge in [0, 0.05) is 12.3 Å². The van der Waals surface area contributed by atoms with Gasteiger partial charge in [-0.3, -0.25) is 9.77 Å². The molecule has 0 atom stereocenters. The SMILES string of the molecule is [2H]n1c(=O)cc[nH]c1=O. The number of nitrogens with one attached hydrogen (secondary N) is 2. The molecule has 0 bridgehead atoms. The van der Waals surface area contributed by atoms with E-state index in [1.807, 2.05) is 0 Å². The summed E-state index contributed by atoms with van der Waals surface area (Å²) >= 11 is 0. The first-order chi connectivity index (χ1) is 4.22. The van der Waals surface area contributed by atoms with Gasteiger partial charge < -0.3 is 4.98 Å². The van der Waals surface area contributed by atoms with Crippen molar-refractivity contribution in [2.24, 2.45) is 0 Å². The van der Waals surface area contributed by atoms with Crippen LogP contribution in [0.5, 0.6) is 0 Å². The Balaban J connectivity index is 3.62. The lowest BCUT2D eigenvalue weighted by atomic mass is 10.7. The van der Waals surface area contributed by atoms with Crippen LogP contribution in [0, 0.1) is 0 Å². The molecule has 0 aliphatic carbocycles. The van der Waals surface area contributed by atoms with Crippen LogP contribution in [0.1, 0.15) is 0 Å². The number of aromatic amines is 2. The van der Waals surface area contributed by atoms with E-state index >= 15 is 0 Å². The molecule has 1 heterocycles. The van der Waals surface area contributed by atoms with Crippen molar-refractivity contribution in [1.82, 2.24) is 9.96 Å². The van der Waals surface area contributed by atoms with E-state index in [1.165, 1.54) is 6.20 Å². The predicted octanol–water partition coefficient (Wildman–Crippen LogP) is -0.937. The summed E-state index contributed by atoms with van der Waals surface area (Å²) in [7, 11) is 0. The molecule has 4 nitrogen and oxygen atoms in total. The standard InChI is InChI=1S/C4H4N2O2/c7-3-1-2-5-4(8)6-3/h1-2H,(H2,5,6,7,8)/i/hD. The van der Waals surface area contributed by atoms with Gasteiger partial charge in [-0.15, -0.1) is 0 Å². The van der Waals surface area contributed by atoms with Crippen molar-refractivity contribution < 1.29 is 1.41 Å². The lowest BCUT2D eigenvalue weighted by Gasteiger charge is -1.75. The number of hydrogen-bond donors (Lipinski definition) is 2. The lowest BCUT2D eigenvalue weighted by molar-refractivity contribution is 1.04. The minimum absolute atomic E-state index is 0.250. The van der Waals surface area contributed by atoms with Gasteiger partial charge >= 0.3 is 5.69 Å². The summed E-state index contributed by atoms with van der Waals surface area (Å²) in [5.74, 6) is 0. The molecule has 0 aliphatic heterocycles. The molecule has 0 radical (unpaired) electrons. The fourth-order valence-corrected chi connectivity index (χ4v) is 0.354. The number of H-pyrrole nitrogens is 2. The molecule has 0 spiro atoms. The molecule has 0 unspecified atom stereocenters. The largest absolute Gasteiger partial charge is 0.325 e. The zero-order valence-corrected chi connectivity index (χ0v) is 3.92. The highest BCUT2D eigenvalue weighted by Gasteiger charge is 1.77. The van der Waals surface area contributed by atoms with Crippen LogP contribution in [0.15, 0.2) is 21.9 Å². The summed E-state index contributed by atoms with van der Waals surface area (Å²) in [4.78, 5) is 23.2. The summed E-state index contributed by atoms with van der Waals surface area (Å²) in [6, 6.07) is 1.11. The van der Waals surface area contributed by atoms with Gasteiger partial charge in [-0.25, -0.2) is 4.79 Å². The Morgan fingerprint density at radius 2 is 2.38 bits per heavy atom. The Kier molecular flexibility index (Phi) is 0.754. The van der Waals surface area contributed by atoms with E-state index in [-0.39, 0.29) is 4.98 Å². The van der Waals surface area contributed by atoms with E-state index in [1.54, 1.807) is 0 Å². The molecule has 2 N–H and O–H groups in total. The fraction of sp³-hybridized carbons (Fsp3) is 0. The van der Waals surface area contributed by atoms with Gasteiger partial charge in [0.15, 0.2) is 1.41 Å². The van der Waals surface area contributed by atoms with Gasteiger partial charge in [0.25, 0.3) is 5.56 Å². The highest BCUT2D eigenvalue weighted by Crippen LogP contribution is 1.51. The van der Waals surface area contributed by atoms with E-state index in [2.05, 4.69) is 4.98 Å². The molecule has 1 aromatic heterocycles. The smallest absolute Gasteiger partial charge is 0.314 e. The maximum atomic E-state index is 10.4. The summed E-state index contributed by atoms with van der Waals surface area (Å²) < 4.78 is 6.70. The van der Waals surface area contributed by atoms with Crippen LogP contribution in [0.3, 0.4) is 0 Å². The predicted molar refractivity (Wildman–Crippen MR) is 27.7 cm³/mol. The third-order valence-corrected chi connectivity index (χ3v) is 0.644. The van der Waals surface area contributed by atoms with Crippen LogP contribution in [0.4, 0.5) is 0 Å². The molecule has 0 amide bonds. The van der Waals surface area contributed by atoms with Crippen LogP contribution in [-0.4, -0.2) is 9.96 Å². The Hall–Kier alpha value is -1.32. The van der Waals surface area contributed by atoms with Crippen molar-refractivity contribution in [2.45, 2.75) is 0 Å². The quantitative estimate of drug-likeness (QED) is 0.456. The molecule has 0 saturated carbocycles. The normalized spacial score (nSPS) is 10.8. The second-order valence-corrected chi connectivity index (χ2v) is 1.23. The third-order valence-electron chi connectivity index (χ3n) is 0.644. The van der Waals surface area contributed by atoms with Crippen molar-refractivity contribution in [3.63, 3.8) is 0 Å². The first-order valence-electron chi connectivity index (χ1n) is 2.46. The van der Waals surface area contributed by atoms with Crippen LogP contribution in [0.25, 0.3) is 0 Å². The maximum absolute atomic E-state index is 10.4. The zero-order valence-electron chi connectivity index (χ0n) is 4.92. The van der Waals surface area contributed by atoms with Gasteiger partial charge in [0.1, 0.15) is 0 Å². The Morgan fingerprint density at radius 3 is 2.88 bits per heavy atom. The van der Waals surface area contributed by atoms with Crippen LogP contribution in [0.2, 0.25) is 1.41 Å². The fourth-order valence-electron chi connectivity index (χ4n) is 0.354. The molecule has 1 rings (SSSR count). The van der Waals surface area contributed by atoms with Crippen molar-refractivity contribution in [2.75, 3.05) is 0 Å². The average Bonchev–Trinajstić information content (AvgIpc) is 1.83. The van der Waals surface area contributed by atoms with Crippen molar-refractivity contribution in [3.05, 3.63) is 33.1 Å². The minimum atomic E-state index is -0.720. The first-order valence-corrected chi connectivity index (χ1v) is 2.02. The Morgan fingerprint density at radius 1 is 1.62 bits per heavy atom. The minimum Gasteiger partial charge on any atom is -0.314 e. The molecule has 0 fully saturated rings. The molecule has 0 aromatic carbocycles. The highest BCUT2D eigenvalue weighted by atomic mass is 16.2. The van der Waals surface area contributed by atoms with E-state index in [0.717, 1.165) is 6.07 Å². The van der Waals surface area contributed by atoms with Gasteiger partial charge in [-0.2, -0.15) is 0 Å². The Bertz CT molecular complexity index is 285. The monoisotopic (exact) mass is 113 g/mol. The lowest BCUT2D eigenvalue weighted by Crippen LogP contribution is -2.19. The first kappa shape index (κ1) is 3.65. The number of rotatable bonds is 0. The molecule has 0 aliphatic rings. The molecular formula is C4H4N2O2. The van der Waals surface area contributed by atoms with Gasteiger partial charge in [-0.1, -0.05) is 0 Å². The number of hydrogen-bond acceptors (Lipinski definition) is 2. The van der Waals surface area contributed by atoms with E-state index in [9.17, 15) is 9.59 Å². The topological polar surface area (TPSA) is 65.7 Å². The summed E-state index contributed by atoms with van der Waals surface area (Å²) in [5, 5.41) is 0. The second-order valence-electron chi connectivity index (χ2n) is 1.23. The van der Waals surface area contributed by atoms with Gasteiger partial charge in [0.2, 0.25) is 0 Å². The van der Waals surface area contributed by atoms with E-state index in [4.69, 9.17) is 1.41 Å². The molecule has 8 heavy (non-hydrogen) atoms. The summed E-state index contributed by atoms with van der Waals surface area (Å²) in [6.07, 6.45) is 1.20. The molecule has 4 heteroatoms. The zero-order chi connectivity index (χ0) is 6.85. The Labute approximate surface area is 45.7 Å². The van der Waals surface area contributed by atoms with Gasteiger partial charge in [0.05, 0.1) is 0 Å². The number of aromatic nitrogens is 2. The van der Waals surface area contributed by atoms with Crippen molar-refractivity contribution in [1.29, 1.82) is 0 Å². The maximum Gasteiger partial charge on any atom is 0.325 e. The van der Waals surface area contributed by atoms with Crippen molar-refractivity contribution in [3.8, 4) is 0 Å². The molecular weight excluding hydrogens is 108 g/mol. The highest BCUT2D eigenvalue weighted by molar-refractivity contribution is 4.77. The summed E-state index contributed by atoms with van der Waals surface area (Å²) in [6.45, 7) is 0. The van der Waals surface area contributed by atoms with Crippen LogP contribution < -0.4 is 11.2 Å². The van der Waals surface area contributed by atoms with Crippen LogP contribution in [-0.2, 0) is 0 Å². The van der Waals surface area contributed by atoms with Gasteiger partial charge in [-0.05, 0) is 0 Å². The van der Waals surface area contributed by atoms with Crippen molar-refractivity contribution >= 4 is 0 Å². The molecule has 42 valence electrons. The average molecular weight is 113 g/mol. The molecule has 1 aromatic rings. The van der Waals surface area contributed by atoms with Crippen LogP contribution >= 0.6 is 0 Å². The third kappa shape index (κ3) is 0.841.